The number of carbonyl (C=O) groups is 2. The molecular formula is C15H24N2O3. The number of hydrogen-bond acceptors (Lipinski definition) is 3. The van der Waals surface area contributed by atoms with Crippen LogP contribution in [0.5, 0.6) is 0 Å². The van der Waals surface area contributed by atoms with Gasteiger partial charge in [0, 0.05) is 25.0 Å². The van der Waals surface area contributed by atoms with Gasteiger partial charge in [-0.3, -0.25) is 4.79 Å². The number of amides is 2. The van der Waals surface area contributed by atoms with E-state index in [1.807, 2.05) is 0 Å². The minimum Gasteiger partial charge on any atom is -0.453 e. The maximum atomic E-state index is 12.4. The second kappa shape index (κ2) is 5.62. The van der Waals surface area contributed by atoms with Gasteiger partial charge in [-0.15, -0.1) is 0 Å². The predicted octanol–water partition coefficient (Wildman–Crippen LogP) is 1.77. The minimum absolute atomic E-state index is 0.225. The number of carbonyl (C=O) groups excluding carboxylic acids is 2. The number of methoxy groups -OCH3 is 1. The molecule has 1 heterocycles. The van der Waals surface area contributed by atoms with E-state index in [2.05, 4.69) is 5.32 Å². The Hall–Kier alpha value is -1.26. The van der Waals surface area contributed by atoms with Crippen LogP contribution < -0.4 is 5.32 Å². The van der Waals surface area contributed by atoms with Crippen LogP contribution in [0.4, 0.5) is 4.79 Å². The number of hydrogen-bond donors (Lipinski definition) is 1. The van der Waals surface area contributed by atoms with Gasteiger partial charge in [0.05, 0.1) is 7.11 Å². The largest absolute Gasteiger partial charge is 0.453 e. The number of rotatable bonds is 2. The van der Waals surface area contributed by atoms with Crippen molar-refractivity contribution < 1.29 is 14.3 Å². The normalized spacial score (nSPS) is 33.2. The lowest BCUT2D eigenvalue weighted by Gasteiger charge is -2.32. The molecule has 1 N–H and O–H groups in total. The molecule has 0 radical (unpaired) electrons. The van der Waals surface area contributed by atoms with Crippen LogP contribution in [0.25, 0.3) is 0 Å². The molecule has 20 heavy (non-hydrogen) atoms. The lowest BCUT2D eigenvalue weighted by atomic mass is 9.87. The number of piperidine rings is 1. The Kier molecular flexibility index (Phi) is 3.85. The number of ether oxygens (including phenoxy) is 1. The van der Waals surface area contributed by atoms with E-state index in [0.29, 0.717) is 19.0 Å². The van der Waals surface area contributed by atoms with E-state index in [9.17, 15) is 9.59 Å². The summed E-state index contributed by atoms with van der Waals surface area (Å²) in [7, 11) is 1.41. The highest BCUT2D eigenvalue weighted by Gasteiger charge is 2.43. The third kappa shape index (κ3) is 2.63. The summed E-state index contributed by atoms with van der Waals surface area (Å²) in [6, 6.07) is 0.225. The fraction of sp³-hybridized carbons (Fsp3) is 0.867. The van der Waals surface area contributed by atoms with E-state index in [-0.39, 0.29) is 24.0 Å². The minimum atomic E-state index is -0.261. The van der Waals surface area contributed by atoms with Crippen molar-refractivity contribution in [2.45, 2.75) is 44.6 Å². The van der Waals surface area contributed by atoms with Crippen LogP contribution in [0.3, 0.4) is 0 Å². The molecule has 5 nitrogen and oxygen atoms in total. The Morgan fingerprint density at radius 1 is 1.10 bits per heavy atom. The van der Waals surface area contributed by atoms with E-state index in [4.69, 9.17) is 4.74 Å². The highest BCUT2D eigenvalue weighted by Crippen LogP contribution is 2.48. The number of fused-ring (bicyclic) bond motifs is 2. The second-order valence-electron chi connectivity index (χ2n) is 6.52. The summed E-state index contributed by atoms with van der Waals surface area (Å²) in [5.41, 5.74) is 0. The molecule has 2 aliphatic carbocycles. The molecule has 1 aliphatic heterocycles. The molecule has 0 aromatic rings. The summed E-state index contributed by atoms with van der Waals surface area (Å²) in [6.45, 7) is 1.35. The lowest BCUT2D eigenvalue weighted by molar-refractivity contribution is -0.127. The molecule has 0 aromatic carbocycles. The standard InChI is InChI=1S/C15H24N2O3/c1-20-15(19)17-6-4-12(5-7-17)16-14(18)13-9-10-2-3-11(13)8-10/h10-13H,2-9H2,1H3,(H,16,18). The summed E-state index contributed by atoms with van der Waals surface area (Å²) in [5.74, 6) is 1.95. The van der Waals surface area contributed by atoms with Gasteiger partial charge in [0.1, 0.15) is 0 Å². The van der Waals surface area contributed by atoms with Crippen molar-refractivity contribution in [1.29, 1.82) is 0 Å². The van der Waals surface area contributed by atoms with Gasteiger partial charge in [0.2, 0.25) is 5.91 Å². The number of nitrogens with one attached hydrogen (secondary N) is 1. The molecule has 0 spiro atoms. The van der Waals surface area contributed by atoms with Gasteiger partial charge in [-0.1, -0.05) is 6.42 Å². The van der Waals surface area contributed by atoms with Crippen LogP contribution in [0, 0.1) is 17.8 Å². The SMILES string of the molecule is COC(=O)N1CCC(NC(=O)C2CC3CCC2C3)CC1. The van der Waals surface area contributed by atoms with E-state index < -0.39 is 0 Å². The highest BCUT2D eigenvalue weighted by molar-refractivity contribution is 5.79. The Bertz CT molecular complexity index is 391. The predicted molar refractivity (Wildman–Crippen MR) is 74.1 cm³/mol. The quantitative estimate of drug-likeness (QED) is 0.838. The van der Waals surface area contributed by atoms with E-state index in [0.717, 1.165) is 25.2 Å². The average molecular weight is 280 g/mol. The van der Waals surface area contributed by atoms with Crippen molar-refractivity contribution in [2.75, 3.05) is 20.2 Å². The van der Waals surface area contributed by atoms with Crippen LogP contribution in [-0.4, -0.2) is 43.1 Å². The molecule has 2 bridgehead atoms. The van der Waals surface area contributed by atoms with Gasteiger partial charge < -0.3 is 15.0 Å². The fourth-order valence-electron chi connectivity index (χ4n) is 4.21. The van der Waals surface area contributed by atoms with Crippen molar-refractivity contribution in [3.8, 4) is 0 Å². The summed E-state index contributed by atoms with van der Waals surface area (Å²) < 4.78 is 4.72. The molecule has 5 heteroatoms. The smallest absolute Gasteiger partial charge is 0.409 e. The summed E-state index contributed by atoms with van der Waals surface area (Å²) in [5, 5.41) is 3.21. The molecule has 3 fully saturated rings. The van der Waals surface area contributed by atoms with Crippen LogP contribution in [0.15, 0.2) is 0 Å². The zero-order chi connectivity index (χ0) is 14.1. The van der Waals surface area contributed by atoms with Crippen LogP contribution in [-0.2, 0) is 9.53 Å². The molecule has 0 aromatic heterocycles. The molecule has 3 unspecified atom stereocenters. The average Bonchev–Trinajstić information content (AvgIpc) is 3.10. The Morgan fingerprint density at radius 2 is 1.85 bits per heavy atom. The van der Waals surface area contributed by atoms with E-state index in [1.54, 1.807) is 4.90 Å². The topological polar surface area (TPSA) is 58.6 Å². The van der Waals surface area contributed by atoms with Gasteiger partial charge in [0.15, 0.2) is 0 Å². The number of likely N-dealkylation sites (tertiary alicyclic amines) is 1. The van der Waals surface area contributed by atoms with E-state index in [1.165, 1.54) is 26.4 Å². The molecule has 3 rings (SSSR count). The van der Waals surface area contributed by atoms with E-state index >= 15 is 0 Å². The molecule has 2 saturated carbocycles. The zero-order valence-corrected chi connectivity index (χ0v) is 12.1. The first-order chi connectivity index (χ1) is 9.67. The Morgan fingerprint density at radius 3 is 2.40 bits per heavy atom. The highest BCUT2D eigenvalue weighted by atomic mass is 16.5. The van der Waals surface area contributed by atoms with Crippen molar-refractivity contribution in [3.63, 3.8) is 0 Å². The summed E-state index contributed by atoms with van der Waals surface area (Å²) in [6.07, 6.45) is 6.33. The third-order valence-corrected chi connectivity index (χ3v) is 5.35. The first-order valence-electron chi connectivity index (χ1n) is 7.80. The van der Waals surface area contributed by atoms with Crippen LogP contribution in [0.2, 0.25) is 0 Å². The van der Waals surface area contributed by atoms with Gasteiger partial charge in [0.25, 0.3) is 0 Å². The summed E-state index contributed by atoms with van der Waals surface area (Å²) in [4.78, 5) is 25.5. The number of nitrogens with zero attached hydrogens (tertiary/aromatic N) is 1. The van der Waals surface area contributed by atoms with Crippen molar-refractivity contribution in [3.05, 3.63) is 0 Å². The lowest BCUT2D eigenvalue weighted by Crippen LogP contribution is -2.48. The third-order valence-electron chi connectivity index (χ3n) is 5.35. The van der Waals surface area contributed by atoms with Crippen LogP contribution in [0.1, 0.15) is 38.5 Å². The molecular weight excluding hydrogens is 256 g/mol. The first kappa shape index (κ1) is 13.7. The summed E-state index contributed by atoms with van der Waals surface area (Å²) >= 11 is 0. The van der Waals surface area contributed by atoms with Crippen molar-refractivity contribution >= 4 is 12.0 Å². The maximum absolute atomic E-state index is 12.4. The van der Waals surface area contributed by atoms with Crippen molar-refractivity contribution in [2.24, 2.45) is 17.8 Å². The van der Waals surface area contributed by atoms with Gasteiger partial charge >= 0.3 is 6.09 Å². The monoisotopic (exact) mass is 280 g/mol. The zero-order valence-electron chi connectivity index (χ0n) is 12.1. The molecule has 1 saturated heterocycles. The molecule has 2 amide bonds. The maximum Gasteiger partial charge on any atom is 0.409 e. The van der Waals surface area contributed by atoms with Gasteiger partial charge in [-0.25, -0.2) is 4.79 Å². The van der Waals surface area contributed by atoms with Crippen LogP contribution >= 0.6 is 0 Å². The Balaban J connectivity index is 1.45. The van der Waals surface area contributed by atoms with Gasteiger partial charge in [-0.2, -0.15) is 0 Å². The Labute approximate surface area is 120 Å². The fourth-order valence-corrected chi connectivity index (χ4v) is 4.21. The second-order valence-corrected chi connectivity index (χ2v) is 6.52. The first-order valence-corrected chi connectivity index (χ1v) is 7.80. The molecule has 3 aliphatic rings. The van der Waals surface area contributed by atoms with Gasteiger partial charge in [-0.05, 0) is 43.9 Å². The molecule has 112 valence electrons. The molecule has 3 atom stereocenters. The van der Waals surface area contributed by atoms with Crippen molar-refractivity contribution in [1.82, 2.24) is 10.2 Å².